The number of aromatic amines is 1. The highest BCUT2D eigenvalue weighted by Crippen LogP contribution is 2.28. The average Bonchev–Trinajstić information content (AvgIpc) is 2.83. The Labute approximate surface area is 88.4 Å². The van der Waals surface area contributed by atoms with Gasteiger partial charge in [-0.2, -0.15) is 10.4 Å². The summed E-state index contributed by atoms with van der Waals surface area (Å²) < 4.78 is 4.91. The normalized spacial score (nSPS) is 9.94. The van der Waals surface area contributed by atoms with Crippen LogP contribution < -0.4 is 5.73 Å². The molecule has 80 valence electrons. The van der Waals surface area contributed by atoms with Crippen LogP contribution in [0.5, 0.6) is 0 Å². The molecule has 16 heavy (non-hydrogen) atoms. The van der Waals surface area contributed by atoms with Crippen LogP contribution in [0.3, 0.4) is 0 Å². The van der Waals surface area contributed by atoms with Crippen molar-refractivity contribution in [3.63, 3.8) is 0 Å². The van der Waals surface area contributed by atoms with Crippen molar-refractivity contribution in [2.24, 2.45) is 0 Å². The minimum absolute atomic E-state index is 0.0246. The third kappa shape index (κ3) is 1.36. The fourth-order valence-corrected chi connectivity index (χ4v) is 1.21. The summed E-state index contributed by atoms with van der Waals surface area (Å²) >= 11 is 0. The van der Waals surface area contributed by atoms with E-state index in [2.05, 4.69) is 10.2 Å². The van der Waals surface area contributed by atoms with Crippen molar-refractivity contribution in [3.05, 3.63) is 27.8 Å². The average molecular weight is 219 g/mol. The second kappa shape index (κ2) is 3.39. The smallest absolute Gasteiger partial charge is 0.399 e. The van der Waals surface area contributed by atoms with Gasteiger partial charge in [-0.3, -0.25) is 15.2 Å². The number of nitro groups is 1. The summed E-state index contributed by atoms with van der Waals surface area (Å²) in [6.45, 7) is 0. The summed E-state index contributed by atoms with van der Waals surface area (Å²) in [6, 6.07) is 4.39. The lowest BCUT2D eigenvalue weighted by Gasteiger charge is -1.90. The molecule has 0 amide bonds. The van der Waals surface area contributed by atoms with Crippen molar-refractivity contribution in [1.29, 1.82) is 5.26 Å². The van der Waals surface area contributed by atoms with E-state index in [1.54, 1.807) is 0 Å². The molecule has 8 nitrogen and oxygen atoms in total. The minimum atomic E-state index is -0.671. The van der Waals surface area contributed by atoms with Gasteiger partial charge in [0.1, 0.15) is 22.2 Å². The molecule has 2 aromatic heterocycles. The second-order valence-corrected chi connectivity index (χ2v) is 2.87. The summed E-state index contributed by atoms with van der Waals surface area (Å²) in [7, 11) is 0. The Morgan fingerprint density at radius 1 is 1.62 bits per heavy atom. The van der Waals surface area contributed by atoms with Gasteiger partial charge < -0.3 is 10.2 Å². The zero-order chi connectivity index (χ0) is 11.7. The molecule has 0 saturated carbocycles. The lowest BCUT2D eigenvalue weighted by atomic mass is 10.2. The van der Waals surface area contributed by atoms with Crippen molar-refractivity contribution in [3.8, 4) is 17.5 Å². The molecular weight excluding hydrogens is 214 g/mol. The maximum Gasteiger partial charge on any atom is 0.433 e. The summed E-state index contributed by atoms with van der Waals surface area (Å²) in [5.41, 5.74) is 5.75. The summed E-state index contributed by atoms with van der Waals surface area (Å²) in [5, 5.41) is 25.3. The first-order chi connectivity index (χ1) is 7.63. The fourth-order valence-electron chi connectivity index (χ4n) is 1.21. The summed E-state index contributed by atoms with van der Waals surface area (Å²) in [6.07, 6.45) is 0. The molecular formula is C8H5N5O3. The number of nitriles is 1. The van der Waals surface area contributed by atoms with Gasteiger partial charge in [-0.15, -0.1) is 0 Å². The van der Waals surface area contributed by atoms with Gasteiger partial charge in [-0.25, -0.2) is 0 Å². The monoisotopic (exact) mass is 219 g/mol. The van der Waals surface area contributed by atoms with E-state index in [9.17, 15) is 10.1 Å². The van der Waals surface area contributed by atoms with Crippen LogP contribution in [0.4, 0.5) is 11.7 Å². The molecule has 0 aliphatic rings. The zero-order valence-electron chi connectivity index (χ0n) is 7.80. The van der Waals surface area contributed by atoms with Crippen LogP contribution in [-0.2, 0) is 0 Å². The number of H-pyrrole nitrogens is 1. The zero-order valence-corrected chi connectivity index (χ0v) is 7.80. The molecule has 0 aliphatic heterocycles. The maximum absolute atomic E-state index is 10.4. The molecule has 0 spiro atoms. The Morgan fingerprint density at radius 2 is 2.38 bits per heavy atom. The number of nitrogens with two attached hydrogens (primary N) is 1. The van der Waals surface area contributed by atoms with Gasteiger partial charge in [0.05, 0.1) is 6.07 Å². The lowest BCUT2D eigenvalue weighted by Crippen LogP contribution is -1.87. The number of anilines is 1. The minimum Gasteiger partial charge on any atom is -0.399 e. The Hall–Kier alpha value is -2.82. The first-order valence-electron chi connectivity index (χ1n) is 4.12. The Kier molecular flexibility index (Phi) is 2.06. The number of furan rings is 1. The summed E-state index contributed by atoms with van der Waals surface area (Å²) in [4.78, 5) is 9.73. The van der Waals surface area contributed by atoms with E-state index < -0.39 is 10.8 Å². The first kappa shape index (κ1) is 9.72. The number of hydrogen-bond acceptors (Lipinski definition) is 6. The van der Waals surface area contributed by atoms with E-state index in [-0.39, 0.29) is 22.8 Å². The third-order valence-electron chi connectivity index (χ3n) is 1.92. The van der Waals surface area contributed by atoms with Crippen LogP contribution in [0.25, 0.3) is 11.5 Å². The number of nitrogen functional groups attached to an aromatic ring is 1. The van der Waals surface area contributed by atoms with E-state index in [4.69, 9.17) is 15.4 Å². The molecule has 0 atom stereocenters. The predicted octanol–water partition coefficient (Wildman–Crippen LogP) is 1.03. The quantitative estimate of drug-likeness (QED) is 0.571. The summed E-state index contributed by atoms with van der Waals surface area (Å²) in [5.74, 6) is -0.240. The highest BCUT2D eigenvalue weighted by atomic mass is 16.6. The molecule has 0 unspecified atom stereocenters. The van der Waals surface area contributed by atoms with E-state index in [0.717, 1.165) is 0 Å². The van der Waals surface area contributed by atoms with Crippen molar-refractivity contribution in [1.82, 2.24) is 10.2 Å². The van der Waals surface area contributed by atoms with Crippen LogP contribution in [0.15, 0.2) is 16.5 Å². The molecule has 0 saturated heterocycles. The second-order valence-electron chi connectivity index (χ2n) is 2.87. The molecule has 0 aliphatic carbocycles. The van der Waals surface area contributed by atoms with Gasteiger partial charge in [0, 0.05) is 0 Å². The molecule has 2 rings (SSSR count). The predicted molar refractivity (Wildman–Crippen MR) is 52.1 cm³/mol. The van der Waals surface area contributed by atoms with E-state index in [1.165, 1.54) is 12.1 Å². The van der Waals surface area contributed by atoms with Crippen LogP contribution in [0.1, 0.15) is 5.56 Å². The van der Waals surface area contributed by atoms with E-state index >= 15 is 0 Å². The van der Waals surface area contributed by atoms with Gasteiger partial charge >= 0.3 is 5.88 Å². The third-order valence-corrected chi connectivity index (χ3v) is 1.92. The Balaban J connectivity index is 2.51. The standard InChI is InChI=1S/C8H5N5O3/c9-3-4-7(11-12-8(4)10)5-1-2-6(16-5)13(14)15/h1-2H,(H3,10,11,12). The molecule has 0 bridgehead atoms. The van der Waals surface area contributed by atoms with Crippen molar-refractivity contribution < 1.29 is 9.34 Å². The van der Waals surface area contributed by atoms with Crippen molar-refractivity contribution in [2.45, 2.75) is 0 Å². The van der Waals surface area contributed by atoms with Crippen LogP contribution >= 0.6 is 0 Å². The number of nitrogens with one attached hydrogen (secondary N) is 1. The van der Waals surface area contributed by atoms with Crippen molar-refractivity contribution >= 4 is 11.7 Å². The SMILES string of the molecule is N#Cc1c(N)n[nH]c1-c1ccc([N+](=O)[O-])o1. The highest BCUT2D eigenvalue weighted by Gasteiger charge is 2.19. The van der Waals surface area contributed by atoms with Crippen LogP contribution in [0, 0.1) is 21.4 Å². The molecule has 0 fully saturated rings. The number of aromatic nitrogens is 2. The first-order valence-corrected chi connectivity index (χ1v) is 4.12. The molecule has 8 heteroatoms. The van der Waals surface area contributed by atoms with Crippen LogP contribution in [-0.4, -0.2) is 15.1 Å². The van der Waals surface area contributed by atoms with E-state index in [1.807, 2.05) is 6.07 Å². The number of hydrogen-bond donors (Lipinski definition) is 2. The fraction of sp³-hybridized carbons (Fsp3) is 0. The Bertz CT molecular complexity index is 591. The van der Waals surface area contributed by atoms with Crippen molar-refractivity contribution in [2.75, 3.05) is 5.73 Å². The van der Waals surface area contributed by atoms with Gasteiger partial charge in [0.2, 0.25) is 0 Å². The maximum atomic E-state index is 10.4. The van der Waals surface area contributed by atoms with Gasteiger partial charge in [0.15, 0.2) is 11.6 Å². The number of rotatable bonds is 2. The van der Waals surface area contributed by atoms with E-state index in [0.29, 0.717) is 0 Å². The highest BCUT2D eigenvalue weighted by molar-refractivity contribution is 5.69. The lowest BCUT2D eigenvalue weighted by molar-refractivity contribution is -0.401. The molecule has 0 radical (unpaired) electrons. The molecule has 2 heterocycles. The van der Waals surface area contributed by atoms with Gasteiger partial charge in [-0.05, 0) is 6.07 Å². The van der Waals surface area contributed by atoms with Gasteiger partial charge in [-0.1, -0.05) is 0 Å². The molecule has 3 N–H and O–H groups in total. The van der Waals surface area contributed by atoms with Crippen LogP contribution in [0.2, 0.25) is 0 Å². The molecule has 2 aromatic rings. The topological polar surface area (TPSA) is 135 Å². The molecule has 0 aromatic carbocycles. The Morgan fingerprint density at radius 3 is 2.94 bits per heavy atom. The van der Waals surface area contributed by atoms with Gasteiger partial charge in [0.25, 0.3) is 0 Å². The number of nitrogens with zero attached hydrogens (tertiary/aromatic N) is 3. The largest absolute Gasteiger partial charge is 0.433 e.